The summed E-state index contributed by atoms with van der Waals surface area (Å²) in [4.78, 5) is 19.8. The highest BCUT2D eigenvalue weighted by Gasteiger charge is 2.23. The van der Waals surface area contributed by atoms with Crippen LogP contribution in [0.25, 0.3) is 10.2 Å². The fourth-order valence-electron chi connectivity index (χ4n) is 2.95. The van der Waals surface area contributed by atoms with E-state index in [1.807, 2.05) is 73.7 Å². The van der Waals surface area contributed by atoms with Crippen LogP contribution < -0.4 is 4.90 Å². The fourth-order valence-corrected chi connectivity index (χ4v) is 4.53. The Kier molecular flexibility index (Phi) is 5.49. The second-order valence-corrected chi connectivity index (χ2v) is 8.72. The Balaban J connectivity index is 1.80. The molecule has 0 bridgehead atoms. The molecule has 3 nitrogen and oxygen atoms in total. The van der Waals surface area contributed by atoms with E-state index in [0.29, 0.717) is 22.3 Å². The number of hydrogen-bond acceptors (Lipinski definition) is 3. The number of aromatic nitrogens is 1. The number of amides is 1. The minimum atomic E-state index is -0.0933. The maximum atomic E-state index is 13.4. The molecule has 0 aliphatic heterocycles. The highest BCUT2D eigenvalue weighted by Crippen LogP contribution is 2.36. The van der Waals surface area contributed by atoms with Gasteiger partial charge < -0.3 is 0 Å². The lowest BCUT2D eigenvalue weighted by atomic mass is 10.1. The number of hydrogen-bond donors (Lipinski definition) is 0. The number of benzene rings is 3. The van der Waals surface area contributed by atoms with Gasteiger partial charge >= 0.3 is 0 Å². The van der Waals surface area contributed by atoms with Gasteiger partial charge in [0.05, 0.1) is 21.8 Å². The third kappa shape index (κ3) is 3.83. The van der Waals surface area contributed by atoms with Crippen LogP contribution in [0.2, 0.25) is 5.02 Å². The zero-order valence-corrected chi connectivity index (χ0v) is 18.2. The van der Waals surface area contributed by atoms with Crippen LogP contribution in [0.1, 0.15) is 21.5 Å². The normalized spacial score (nSPS) is 11.0. The van der Waals surface area contributed by atoms with Crippen LogP contribution in [0.15, 0.2) is 71.2 Å². The van der Waals surface area contributed by atoms with Gasteiger partial charge in [-0.25, -0.2) is 4.98 Å². The third-order valence-corrected chi connectivity index (χ3v) is 6.50. The number of nitrogens with zero attached hydrogens (tertiary/aromatic N) is 2. The molecular formula is C22H16BrClN2OS. The van der Waals surface area contributed by atoms with E-state index in [1.54, 1.807) is 4.90 Å². The molecule has 4 rings (SSSR count). The Morgan fingerprint density at radius 1 is 1.07 bits per heavy atom. The molecule has 0 unspecified atom stereocenters. The van der Waals surface area contributed by atoms with Gasteiger partial charge in [-0.15, -0.1) is 0 Å². The second-order valence-electron chi connectivity index (χ2n) is 6.42. The van der Waals surface area contributed by atoms with Crippen LogP contribution in [-0.2, 0) is 6.54 Å². The Morgan fingerprint density at radius 3 is 2.46 bits per heavy atom. The Labute approximate surface area is 180 Å². The molecule has 0 saturated carbocycles. The van der Waals surface area contributed by atoms with Crippen molar-refractivity contribution < 1.29 is 4.79 Å². The third-order valence-electron chi connectivity index (χ3n) is 4.44. The Bertz CT molecular complexity index is 1100. The zero-order chi connectivity index (χ0) is 19.7. The minimum Gasteiger partial charge on any atom is -0.279 e. The molecule has 0 saturated heterocycles. The standard InChI is InChI=1S/C22H16BrClN2OS/c1-14-7-12-18(24)20-19(14)25-22(28-20)26(13-15-5-3-2-4-6-15)21(27)16-8-10-17(23)11-9-16/h2-12H,13H2,1H3. The monoisotopic (exact) mass is 470 g/mol. The van der Waals surface area contributed by atoms with Gasteiger partial charge in [-0.1, -0.05) is 75.3 Å². The van der Waals surface area contributed by atoms with Crippen molar-refractivity contribution in [2.45, 2.75) is 13.5 Å². The van der Waals surface area contributed by atoms with Gasteiger partial charge in [-0.05, 0) is 48.4 Å². The van der Waals surface area contributed by atoms with E-state index >= 15 is 0 Å². The number of halogens is 2. The first-order valence-electron chi connectivity index (χ1n) is 8.70. The molecule has 3 aromatic carbocycles. The molecule has 0 aliphatic rings. The van der Waals surface area contributed by atoms with Crippen molar-refractivity contribution in [1.82, 2.24) is 4.98 Å². The summed E-state index contributed by atoms with van der Waals surface area (Å²) >= 11 is 11.2. The first-order valence-corrected chi connectivity index (χ1v) is 10.7. The lowest BCUT2D eigenvalue weighted by Crippen LogP contribution is -2.30. The van der Waals surface area contributed by atoms with Gasteiger partial charge in [0, 0.05) is 10.0 Å². The van der Waals surface area contributed by atoms with E-state index in [2.05, 4.69) is 15.9 Å². The lowest BCUT2D eigenvalue weighted by molar-refractivity contribution is 0.0985. The maximum Gasteiger partial charge on any atom is 0.260 e. The summed E-state index contributed by atoms with van der Waals surface area (Å²) in [5.41, 5.74) is 3.53. The predicted molar refractivity (Wildman–Crippen MR) is 120 cm³/mol. The summed E-state index contributed by atoms with van der Waals surface area (Å²) in [7, 11) is 0. The van der Waals surface area contributed by atoms with Gasteiger partial charge in [0.2, 0.25) is 0 Å². The summed E-state index contributed by atoms with van der Waals surface area (Å²) in [6.45, 7) is 2.44. The van der Waals surface area contributed by atoms with E-state index in [-0.39, 0.29) is 5.91 Å². The number of carbonyl (C=O) groups excluding carboxylic acids is 1. The summed E-state index contributed by atoms with van der Waals surface area (Å²) in [6, 6.07) is 21.1. The van der Waals surface area contributed by atoms with Crippen LogP contribution >= 0.6 is 38.9 Å². The molecule has 0 fully saturated rings. The smallest absolute Gasteiger partial charge is 0.260 e. The van der Waals surface area contributed by atoms with E-state index in [9.17, 15) is 4.79 Å². The number of thiazole rings is 1. The molecule has 0 N–H and O–H groups in total. The predicted octanol–water partition coefficient (Wildman–Crippen LogP) is 6.87. The summed E-state index contributed by atoms with van der Waals surface area (Å²) in [5.74, 6) is -0.0933. The SMILES string of the molecule is Cc1ccc(Cl)c2sc(N(Cc3ccccc3)C(=O)c3ccc(Br)cc3)nc12. The van der Waals surface area contributed by atoms with Crippen LogP contribution in [-0.4, -0.2) is 10.9 Å². The molecule has 1 heterocycles. The Morgan fingerprint density at radius 2 is 1.79 bits per heavy atom. The Hall–Kier alpha value is -2.21. The first kappa shape index (κ1) is 19.1. The zero-order valence-electron chi connectivity index (χ0n) is 15.0. The van der Waals surface area contributed by atoms with Crippen LogP contribution in [0.3, 0.4) is 0 Å². The molecule has 0 radical (unpaired) electrons. The van der Waals surface area contributed by atoms with Gasteiger partial charge in [0.15, 0.2) is 5.13 Å². The van der Waals surface area contributed by atoms with E-state index in [4.69, 9.17) is 16.6 Å². The van der Waals surface area contributed by atoms with Crippen molar-refractivity contribution in [2.75, 3.05) is 4.90 Å². The van der Waals surface area contributed by atoms with Crippen molar-refractivity contribution >= 4 is 60.1 Å². The first-order chi connectivity index (χ1) is 13.5. The topological polar surface area (TPSA) is 33.2 Å². The quantitative estimate of drug-likeness (QED) is 0.325. The second kappa shape index (κ2) is 8.03. The molecule has 1 aromatic heterocycles. The van der Waals surface area contributed by atoms with Crippen LogP contribution in [0.4, 0.5) is 5.13 Å². The largest absolute Gasteiger partial charge is 0.279 e. The van der Waals surface area contributed by atoms with Crippen molar-refractivity contribution in [1.29, 1.82) is 0 Å². The molecule has 28 heavy (non-hydrogen) atoms. The summed E-state index contributed by atoms with van der Waals surface area (Å²) in [5, 5.41) is 1.29. The average molecular weight is 472 g/mol. The molecule has 0 atom stereocenters. The summed E-state index contributed by atoms with van der Waals surface area (Å²) in [6.07, 6.45) is 0. The number of aryl methyl sites for hydroxylation is 1. The lowest BCUT2D eigenvalue weighted by Gasteiger charge is -2.20. The maximum absolute atomic E-state index is 13.4. The molecule has 6 heteroatoms. The van der Waals surface area contributed by atoms with Gasteiger partial charge in [-0.3, -0.25) is 9.69 Å². The fraction of sp³-hybridized carbons (Fsp3) is 0.0909. The molecule has 4 aromatic rings. The molecular weight excluding hydrogens is 456 g/mol. The van der Waals surface area contributed by atoms with Crippen LogP contribution in [0.5, 0.6) is 0 Å². The molecule has 0 aliphatic carbocycles. The number of anilines is 1. The van der Waals surface area contributed by atoms with Crippen molar-refractivity contribution in [2.24, 2.45) is 0 Å². The average Bonchev–Trinajstić information content (AvgIpc) is 3.16. The number of carbonyl (C=O) groups is 1. The van der Waals surface area contributed by atoms with Gasteiger partial charge in [0.25, 0.3) is 5.91 Å². The van der Waals surface area contributed by atoms with E-state index in [0.717, 1.165) is 25.8 Å². The van der Waals surface area contributed by atoms with Crippen molar-refractivity contribution in [3.05, 3.63) is 92.9 Å². The van der Waals surface area contributed by atoms with E-state index in [1.165, 1.54) is 11.3 Å². The van der Waals surface area contributed by atoms with Gasteiger partial charge in [-0.2, -0.15) is 0 Å². The van der Waals surface area contributed by atoms with Gasteiger partial charge in [0.1, 0.15) is 0 Å². The minimum absolute atomic E-state index is 0.0933. The molecule has 1 amide bonds. The van der Waals surface area contributed by atoms with Crippen molar-refractivity contribution in [3.63, 3.8) is 0 Å². The number of fused-ring (bicyclic) bond motifs is 1. The van der Waals surface area contributed by atoms with E-state index < -0.39 is 0 Å². The van der Waals surface area contributed by atoms with Crippen molar-refractivity contribution in [3.8, 4) is 0 Å². The van der Waals surface area contributed by atoms with Crippen LogP contribution in [0, 0.1) is 6.92 Å². The number of rotatable bonds is 4. The highest BCUT2D eigenvalue weighted by atomic mass is 79.9. The highest BCUT2D eigenvalue weighted by molar-refractivity contribution is 9.10. The summed E-state index contributed by atoms with van der Waals surface area (Å²) < 4.78 is 1.83. The molecule has 140 valence electrons. The molecule has 0 spiro atoms.